The number of halogens is 1. The highest BCUT2D eigenvalue weighted by Crippen LogP contribution is 2.32. The maximum Gasteiger partial charge on any atom is 0.137 e. The lowest BCUT2D eigenvalue weighted by Crippen LogP contribution is -2.24. The smallest absolute Gasteiger partial charge is 0.137 e. The van der Waals surface area contributed by atoms with Crippen molar-refractivity contribution in [3.63, 3.8) is 0 Å². The van der Waals surface area contributed by atoms with Crippen molar-refractivity contribution in [2.75, 3.05) is 13.2 Å². The molecule has 3 nitrogen and oxygen atoms in total. The van der Waals surface area contributed by atoms with Crippen molar-refractivity contribution in [1.29, 1.82) is 0 Å². The van der Waals surface area contributed by atoms with Crippen molar-refractivity contribution in [3.8, 4) is 17.2 Å². The summed E-state index contributed by atoms with van der Waals surface area (Å²) >= 11 is 6.48. The molecule has 0 heterocycles. The Morgan fingerprint density at radius 3 is 2.38 bits per heavy atom. The molecule has 3 rings (SSSR count). The summed E-state index contributed by atoms with van der Waals surface area (Å²) in [6.07, 6.45) is 3.39. The van der Waals surface area contributed by atoms with Crippen LogP contribution in [0.5, 0.6) is 17.2 Å². The summed E-state index contributed by atoms with van der Waals surface area (Å²) < 4.78 is 17.8. The van der Waals surface area contributed by atoms with Crippen molar-refractivity contribution in [2.45, 2.75) is 52.1 Å². The average molecular weight is 453 g/mol. The lowest BCUT2D eigenvalue weighted by atomic mass is 9.85. The van der Waals surface area contributed by atoms with Crippen LogP contribution in [0.2, 0.25) is 5.02 Å². The maximum atomic E-state index is 6.48. The zero-order chi connectivity index (χ0) is 22.8. The van der Waals surface area contributed by atoms with Crippen LogP contribution in [-0.4, -0.2) is 13.2 Å². The SMILES string of the molecule is CCCCCOc1ccc(C(C)(C)COCc2cccc(Oc3ccccc3)c2)cc1Cl. The molecule has 0 atom stereocenters. The van der Waals surface area contributed by atoms with E-state index >= 15 is 0 Å². The Morgan fingerprint density at radius 1 is 0.844 bits per heavy atom. The minimum atomic E-state index is -0.178. The molecule has 0 spiro atoms. The predicted octanol–water partition coefficient (Wildman–Crippen LogP) is 8.20. The van der Waals surface area contributed by atoms with Crippen molar-refractivity contribution >= 4 is 11.6 Å². The van der Waals surface area contributed by atoms with Gasteiger partial charge in [-0.3, -0.25) is 0 Å². The Balaban J connectivity index is 1.54. The van der Waals surface area contributed by atoms with Gasteiger partial charge in [-0.1, -0.05) is 81.6 Å². The van der Waals surface area contributed by atoms with Crippen molar-refractivity contribution in [1.82, 2.24) is 0 Å². The number of ether oxygens (including phenoxy) is 3. The zero-order valence-electron chi connectivity index (χ0n) is 19.3. The van der Waals surface area contributed by atoms with Crippen LogP contribution in [0.25, 0.3) is 0 Å². The second kappa shape index (κ2) is 11.9. The first-order valence-corrected chi connectivity index (χ1v) is 11.7. The molecule has 0 aliphatic heterocycles. The first-order chi connectivity index (χ1) is 15.5. The zero-order valence-corrected chi connectivity index (χ0v) is 20.0. The van der Waals surface area contributed by atoms with Gasteiger partial charge in [0.2, 0.25) is 0 Å². The van der Waals surface area contributed by atoms with Crippen LogP contribution in [0, 0.1) is 0 Å². The monoisotopic (exact) mass is 452 g/mol. The third kappa shape index (κ3) is 7.29. The molecule has 0 radical (unpaired) electrons. The van der Waals surface area contributed by atoms with Crippen molar-refractivity contribution in [2.24, 2.45) is 0 Å². The third-order valence-electron chi connectivity index (χ3n) is 5.33. The quantitative estimate of drug-likeness (QED) is 0.259. The molecule has 3 aromatic rings. The number of benzene rings is 3. The lowest BCUT2D eigenvalue weighted by Gasteiger charge is -2.26. The molecule has 0 bridgehead atoms. The fourth-order valence-electron chi connectivity index (χ4n) is 3.40. The number of hydrogen-bond acceptors (Lipinski definition) is 3. The Morgan fingerprint density at radius 2 is 1.62 bits per heavy atom. The number of unbranched alkanes of at least 4 members (excludes halogenated alkanes) is 2. The molecule has 170 valence electrons. The molecular formula is C28H33ClO3. The molecule has 0 amide bonds. The highest BCUT2D eigenvalue weighted by Gasteiger charge is 2.22. The minimum absolute atomic E-state index is 0.178. The average Bonchev–Trinajstić information content (AvgIpc) is 2.78. The fraction of sp³-hybridized carbons (Fsp3) is 0.357. The summed E-state index contributed by atoms with van der Waals surface area (Å²) in [5.74, 6) is 2.37. The first-order valence-electron chi connectivity index (χ1n) is 11.3. The van der Waals surface area contributed by atoms with E-state index in [0.29, 0.717) is 24.8 Å². The summed E-state index contributed by atoms with van der Waals surface area (Å²) in [5, 5.41) is 0.651. The Labute approximate surface area is 197 Å². The standard InChI is InChI=1S/C28H33ClO3/c1-4-5-9-17-31-27-16-15-23(19-26(27)29)28(2,3)21-30-20-22-11-10-14-25(18-22)32-24-12-7-6-8-13-24/h6-8,10-16,18-19H,4-5,9,17,20-21H2,1-3H3. The lowest BCUT2D eigenvalue weighted by molar-refractivity contribution is 0.0824. The van der Waals surface area contributed by atoms with Gasteiger partial charge in [0.25, 0.3) is 0 Å². The summed E-state index contributed by atoms with van der Waals surface area (Å²) in [6, 6.07) is 23.8. The number of hydrogen-bond donors (Lipinski definition) is 0. The van der Waals surface area contributed by atoms with Crippen LogP contribution in [0.15, 0.2) is 72.8 Å². The summed E-state index contributed by atoms with van der Waals surface area (Å²) in [4.78, 5) is 0. The first kappa shape index (κ1) is 24.2. The van der Waals surface area contributed by atoms with Gasteiger partial charge >= 0.3 is 0 Å². The van der Waals surface area contributed by atoms with Crippen molar-refractivity contribution in [3.05, 3.63) is 88.9 Å². The van der Waals surface area contributed by atoms with E-state index in [1.165, 1.54) is 12.8 Å². The van der Waals surface area contributed by atoms with Gasteiger partial charge in [0.05, 0.1) is 24.8 Å². The summed E-state index contributed by atoms with van der Waals surface area (Å²) in [7, 11) is 0. The summed E-state index contributed by atoms with van der Waals surface area (Å²) in [5.41, 5.74) is 2.02. The van der Waals surface area contributed by atoms with Crippen LogP contribution < -0.4 is 9.47 Å². The molecule has 4 heteroatoms. The van der Waals surface area contributed by atoms with Crippen LogP contribution in [0.3, 0.4) is 0 Å². The van der Waals surface area contributed by atoms with E-state index in [1.807, 2.05) is 66.7 Å². The molecule has 0 saturated heterocycles. The van der Waals surface area contributed by atoms with E-state index in [9.17, 15) is 0 Å². The molecule has 0 aliphatic rings. The highest BCUT2D eigenvalue weighted by molar-refractivity contribution is 6.32. The Kier molecular flexibility index (Phi) is 9.01. The van der Waals surface area contributed by atoms with E-state index in [2.05, 4.69) is 26.8 Å². The van der Waals surface area contributed by atoms with Gasteiger partial charge in [-0.15, -0.1) is 0 Å². The second-order valence-electron chi connectivity index (χ2n) is 8.64. The molecule has 32 heavy (non-hydrogen) atoms. The van der Waals surface area contributed by atoms with Gasteiger partial charge in [-0.25, -0.2) is 0 Å². The largest absolute Gasteiger partial charge is 0.492 e. The topological polar surface area (TPSA) is 27.7 Å². The van der Waals surface area contributed by atoms with Gasteiger partial charge in [-0.05, 0) is 53.9 Å². The summed E-state index contributed by atoms with van der Waals surface area (Å²) in [6.45, 7) is 8.30. The molecule has 0 aliphatic carbocycles. The van der Waals surface area contributed by atoms with Gasteiger partial charge in [0, 0.05) is 5.41 Å². The fourth-order valence-corrected chi connectivity index (χ4v) is 3.64. The van der Waals surface area contributed by atoms with Crippen molar-refractivity contribution < 1.29 is 14.2 Å². The molecule has 3 aromatic carbocycles. The van der Waals surface area contributed by atoms with E-state index in [4.69, 9.17) is 25.8 Å². The molecule has 0 unspecified atom stereocenters. The Bertz CT molecular complexity index is 969. The maximum absolute atomic E-state index is 6.48. The van der Waals surface area contributed by atoms with E-state index < -0.39 is 0 Å². The third-order valence-corrected chi connectivity index (χ3v) is 5.62. The van der Waals surface area contributed by atoms with Gasteiger partial charge in [0.1, 0.15) is 17.2 Å². The number of rotatable bonds is 12. The van der Waals surface area contributed by atoms with E-state index in [1.54, 1.807) is 0 Å². The van der Waals surface area contributed by atoms with Crippen LogP contribution in [0.1, 0.15) is 51.2 Å². The van der Waals surface area contributed by atoms with Gasteiger partial charge < -0.3 is 14.2 Å². The van der Waals surface area contributed by atoms with E-state index in [-0.39, 0.29) is 5.41 Å². The number of para-hydroxylation sites is 1. The van der Waals surface area contributed by atoms with E-state index in [0.717, 1.165) is 34.8 Å². The highest BCUT2D eigenvalue weighted by atomic mass is 35.5. The second-order valence-corrected chi connectivity index (χ2v) is 9.05. The van der Waals surface area contributed by atoms with Gasteiger partial charge in [-0.2, -0.15) is 0 Å². The molecule has 0 fully saturated rings. The van der Waals surface area contributed by atoms with Crippen LogP contribution in [-0.2, 0) is 16.8 Å². The molecule has 0 aromatic heterocycles. The molecular weight excluding hydrogens is 420 g/mol. The molecule has 0 N–H and O–H groups in total. The normalized spacial score (nSPS) is 11.4. The molecule has 0 saturated carbocycles. The predicted molar refractivity (Wildman–Crippen MR) is 132 cm³/mol. The minimum Gasteiger partial charge on any atom is -0.492 e. The van der Waals surface area contributed by atoms with Crippen LogP contribution in [0.4, 0.5) is 0 Å². The Hall–Kier alpha value is -2.49. The van der Waals surface area contributed by atoms with Crippen LogP contribution >= 0.6 is 11.6 Å². The van der Waals surface area contributed by atoms with Gasteiger partial charge in [0.15, 0.2) is 0 Å².